The third kappa shape index (κ3) is 3.70. The van der Waals surface area contributed by atoms with Crippen molar-refractivity contribution in [3.05, 3.63) is 71.1 Å². The van der Waals surface area contributed by atoms with Crippen LogP contribution in [0.5, 0.6) is 0 Å². The van der Waals surface area contributed by atoms with Gasteiger partial charge in [-0.25, -0.2) is 0 Å². The molecular formula is C24H22ClN5O. The van der Waals surface area contributed by atoms with Gasteiger partial charge in [-0.15, -0.1) is 12.4 Å². The van der Waals surface area contributed by atoms with Crippen LogP contribution < -0.4 is 10.6 Å². The van der Waals surface area contributed by atoms with Crippen molar-refractivity contribution in [2.45, 2.75) is 0 Å². The summed E-state index contributed by atoms with van der Waals surface area (Å²) in [6, 6.07) is 16.8. The van der Waals surface area contributed by atoms with Crippen LogP contribution >= 0.6 is 12.4 Å². The van der Waals surface area contributed by atoms with Crippen LogP contribution in [0.15, 0.2) is 62.9 Å². The van der Waals surface area contributed by atoms with E-state index < -0.39 is 0 Å². The van der Waals surface area contributed by atoms with Gasteiger partial charge in [-0.1, -0.05) is 0 Å². The summed E-state index contributed by atoms with van der Waals surface area (Å²) in [7, 11) is 0. The van der Waals surface area contributed by atoms with Crippen molar-refractivity contribution < 1.29 is 4.42 Å². The summed E-state index contributed by atoms with van der Waals surface area (Å²) in [5.41, 5.74) is 5.25. The van der Waals surface area contributed by atoms with E-state index in [2.05, 4.69) is 68.1 Å². The maximum absolute atomic E-state index is 5.98. The van der Waals surface area contributed by atoms with Crippen LogP contribution in [0.3, 0.4) is 0 Å². The minimum atomic E-state index is 0. The standard InChI is InChI=1S/C24H21N5O.ClH/c1-5-21-17(11-15(1)23-25-7-8-26-23)13-19(29-21)3-4-20-14-18-12-16(2-6-22(18)30-20)24-27-9-10-28-24;/h1-6,11-14,29H,7-10H2,(H,25,26)(H,27,28);1H/b4-3+;. The number of aliphatic imine (C=N–C) groups is 2. The second-order valence-corrected chi connectivity index (χ2v) is 7.58. The van der Waals surface area contributed by atoms with E-state index in [1.165, 1.54) is 5.39 Å². The molecular weight excluding hydrogens is 410 g/mol. The predicted octanol–water partition coefficient (Wildman–Crippen LogP) is 4.21. The fourth-order valence-corrected chi connectivity index (χ4v) is 4.04. The molecule has 4 heterocycles. The van der Waals surface area contributed by atoms with E-state index in [1.54, 1.807) is 0 Å². The highest BCUT2D eigenvalue weighted by Crippen LogP contribution is 2.24. The van der Waals surface area contributed by atoms with Gasteiger partial charge in [0.25, 0.3) is 0 Å². The van der Waals surface area contributed by atoms with Gasteiger partial charge < -0.3 is 20.0 Å². The summed E-state index contributed by atoms with van der Waals surface area (Å²) in [4.78, 5) is 12.4. The Labute approximate surface area is 185 Å². The second kappa shape index (κ2) is 7.96. The van der Waals surface area contributed by atoms with Crippen molar-refractivity contribution in [2.24, 2.45) is 9.98 Å². The van der Waals surface area contributed by atoms with Crippen molar-refractivity contribution in [2.75, 3.05) is 26.2 Å². The third-order valence-electron chi connectivity index (χ3n) is 5.50. The number of benzene rings is 2. The highest BCUT2D eigenvalue weighted by Gasteiger charge is 2.11. The molecule has 3 N–H and O–H groups in total. The van der Waals surface area contributed by atoms with E-state index in [-0.39, 0.29) is 12.4 Å². The first-order valence-corrected chi connectivity index (χ1v) is 10.2. The molecule has 6 rings (SSSR count). The lowest BCUT2D eigenvalue weighted by atomic mass is 10.1. The van der Waals surface area contributed by atoms with Gasteiger partial charge in [-0.2, -0.15) is 0 Å². The van der Waals surface area contributed by atoms with Crippen LogP contribution in [0.4, 0.5) is 0 Å². The molecule has 7 heteroatoms. The van der Waals surface area contributed by atoms with Crippen molar-refractivity contribution in [1.82, 2.24) is 15.6 Å². The first kappa shape index (κ1) is 19.5. The zero-order valence-electron chi connectivity index (χ0n) is 16.8. The van der Waals surface area contributed by atoms with Gasteiger partial charge >= 0.3 is 0 Å². The number of hydrogen-bond donors (Lipinski definition) is 3. The second-order valence-electron chi connectivity index (χ2n) is 7.58. The van der Waals surface area contributed by atoms with E-state index >= 15 is 0 Å². The molecule has 0 saturated carbocycles. The zero-order valence-corrected chi connectivity index (χ0v) is 17.6. The van der Waals surface area contributed by atoms with E-state index in [0.29, 0.717) is 0 Å². The summed E-state index contributed by atoms with van der Waals surface area (Å²) in [5, 5.41) is 8.89. The molecule has 0 fully saturated rings. The first-order valence-electron chi connectivity index (χ1n) is 10.2. The van der Waals surface area contributed by atoms with Gasteiger partial charge in [0.1, 0.15) is 23.0 Å². The van der Waals surface area contributed by atoms with Crippen molar-refractivity contribution >= 4 is 58.1 Å². The molecule has 0 saturated heterocycles. The average molecular weight is 432 g/mol. The number of fused-ring (bicyclic) bond motifs is 2. The maximum atomic E-state index is 5.98. The summed E-state index contributed by atoms with van der Waals surface area (Å²) >= 11 is 0. The van der Waals surface area contributed by atoms with Crippen molar-refractivity contribution in [3.8, 4) is 0 Å². The Hall–Kier alpha value is -3.51. The van der Waals surface area contributed by atoms with Gasteiger partial charge in [-0.3, -0.25) is 9.98 Å². The maximum Gasteiger partial charge on any atom is 0.134 e. The number of amidine groups is 2. The molecule has 0 spiro atoms. The highest BCUT2D eigenvalue weighted by molar-refractivity contribution is 6.03. The van der Waals surface area contributed by atoms with Crippen LogP contribution in [0.2, 0.25) is 0 Å². The number of aromatic nitrogens is 1. The molecule has 156 valence electrons. The molecule has 2 aromatic heterocycles. The van der Waals surface area contributed by atoms with Gasteiger partial charge in [0.05, 0.1) is 13.1 Å². The lowest BCUT2D eigenvalue weighted by Gasteiger charge is -2.01. The monoisotopic (exact) mass is 431 g/mol. The molecule has 0 bridgehead atoms. The number of nitrogens with zero attached hydrogens (tertiary/aromatic N) is 2. The summed E-state index contributed by atoms with van der Waals surface area (Å²) in [5.74, 6) is 2.77. The van der Waals surface area contributed by atoms with Crippen molar-refractivity contribution in [3.63, 3.8) is 0 Å². The van der Waals surface area contributed by atoms with Gasteiger partial charge in [-0.05, 0) is 60.7 Å². The minimum absolute atomic E-state index is 0. The molecule has 2 aliphatic heterocycles. The lowest BCUT2D eigenvalue weighted by molar-refractivity contribution is 0.604. The topological polar surface area (TPSA) is 77.7 Å². The van der Waals surface area contributed by atoms with E-state index in [4.69, 9.17) is 4.42 Å². The summed E-state index contributed by atoms with van der Waals surface area (Å²) in [6.07, 6.45) is 4.05. The number of nitrogens with one attached hydrogen (secondary N) is 3. The van der Waals surface area contributed by atoms with Crippen molar-refractivity contribution in [1.29, 1.82) is 0 Å². The molecule has 0 aliphatic carbocycles. The largest absolute Gasteiger partial charge is 0.457 e. The highest BCUT2D eigenvalue weighted by atomic mass is 35.5. The molecule has 31 heavy (non-hydrogen) atoms. The van der Waals surface area contributed by atoms with E-state index in [1.807, 2.05) is 18.2 Å². The Morgan fingerprint density at radius 1 is 0.774 bits per heavy atom. The Balaban J connectivity index is 0.00000204. The Bertz CT molecular complexity index is 1260. The fraction of sp³-hybridized carbons (Fsp3) is 0.167. The molecule has 0 atom stereocenters. The summed E-state index contributed by atoms with van der Waals surface area (Å²) in [6.45, 7) is 3.50. The first-order chi connectivity index (χ1) is 14.8. The van der Waals surface area contributed by atoms with Crippen LogP contribution in [-0.4, -0.2) is 42.8 Å². The number of hydrogen-bond acceptors (Lipinski definition) is 5. The smallest absolute Gasteiger partial charge is 0.134 e. The van der Waals surface area contributed by atoms with Crippen LogP contribution in [0.1, 0.15) is 22.6 Å². The van der Waals surface area contributed by atoms with Gasteiger partial charge in [0, 0.05) is 46.2 Å². The van der Waals surface area contributed by atoms with E-state index in [0.717, 1.165) is 76.9 Å². The Kier molecular flexibility index (Phi) is 5.00. The Morgan fingerprint density at radius 3 is 2.19 bits per heavy atom. The Morgan fingerprint density at radius 2 is 1.48 bits per heavy atom. The molecule has 2 aliphatic rings. The quantitative estimate of drug-likeness (QED) is 0.453. The van der Waals surface area contributed by atoms with Crippen LogP contribution in [0, 0.1) is 0 Å². The normalized spacial score (nSPS) is 15.7. The molecule has 0 radical (unpaired) electrons. The number of furan rings is 1. The van der Waals surface area contributed by atoms with Crippen LogP contribution in [-0.2, 0) is 0 Å². The molecule has 0 amide bonds. The average Bonchev–Trinajstić information content (AvgIpc) is 3.56. The summed E-state index contributed by atoms with van der Waals surface area (Å²) < 4.78 is 5.98. The molecule has 4 aromatic rings. The molecule has 0 unspecified atom stereocenters. The van der Waals surface area contributed by atoms with Crippen LogP contribution in [0.25, 0.3) is 34.0 Å². The predicted molar refractivity (Wildman–Crippen MR) is 130 cm³/mol. The number of H-pyrrole nitrogens is 1. The number of halogens is 1. The molecule has 6 nitrogen and oxygen atoms in total. The minimum Gasteiger partial charge on any atom is -0.457 e. The fourth-order valence-electron chi connectivity index (χ4n) is 4.04. The van der Waals surface area contributed by atoms with Gasteiger partial charge in [0.2, 0.25) is 0 Å². The third-order valence-corrected chi connectivity index (χ3v) is 5.50. The number of rotatable bonds is 4. The zero-order chi connectivity index (χ0) is 19.9. The SMILES string of the molecule is C(=C\c1cc2cc(C3=NCCN3)ccc2o1)/c1cc2cc(C3=NCCN3)ccc2[nH]1.Cl. The van der Waals surface area contributed by atoms with E-state index in [9.17, 15) is 0 Å². The lowest BCUT2D eigenvalue weighted by Crippen LogP contribution is -2.19. The van der Waals surface area contributed by atoms with Gasteiger partial charge in [0.15, 0.2) is 0 Å². The number of aromatic amines is 1. The molecule has 2 aromatic carbocycles.